The van der Waals surface area contributed by atoms with Gasteiger partial charge in [0, 0.05) is 11.6 Å². The molecule has 14 heavy (non-hydrogen) atoms. The van der Waals surface area contributed by atoms with Crippen molar-refractivity contribution in [1.82, 2.24) is 5.32 Å². The fourth-order valence-electron chi connectivity index (χ4n) is 1.44. The molecule has 1 N–H and O–H groups in total. The van der Waals surface area contributed by atoms with Gasteiger partial charge < -0.3 is 5.32 Å². The molecule has 1 unspecified atom stereocenters. The second-order valence-electron chi connectivity index (χ2n) is 2.90. The highest BCUT2D eigenvalue weighted by Gasteiger charge is 2.21. The molecule has 0 aromatic heterocycles. The zero-order chi connectivity index (χ0) is 10.1. The van der Waals surface area contributed by atoms with Gasteiger partial charge in [0.05, 0.1) is 10.5 Å². The summed E-state index contributed by atoms with van der Waals surface area (Å²) in [7, 11) is 0. The van der Waals surface area contributed by atoms with E-state index in [0.717, 1.165) is 5.56 Å². The third-order valence-electron chi connectivity index (χ3n) is 2.08. The Kier molecular flexibility index (Phi) is 2.13. The molecule has 0 fully saturated rings. The molecular weight excluding hydrogens is 204 g/mol. The Balaban J connectivity index is 2.63. The first-order valence-electron chi connectivity index (χ1n) is 4.04. The van der Waals surface area contributed by atoms with Gasteiger partial charge in [-0.25, -0.2) is 0 Å². The van der Waals surface area contributed by atoms with Gasteiger partial charge in [0.15, 0.2) is 0 Å². The van der Waals surface area contributed by atoms with Crippen LogP contribution in [0.1, 0.15) is 16.6 Å². The van der Waals surface area contributed by atoms with Crippen molar-refractivity contribution in [3.05, 3.63) is 45.6 Å². The van der Waals surface area contributed by atoms with Crippen LogP contribution in [0.3, 0.4) is 0 Å². The van der Waals surface area contributed by atoms with Gasteiger partial charge in [-0.2, -0.15) is 0 Å². The van der Waals surface area contributed by atoms with Gasteiger partial charge in [0.25, 0.3) is 5.69 Å². The van der Waals surface area contributed by atoms with Gasteiger partial charge in [-0.3, -0.25) is 10.1 Å². The van der Waals surface area contributed by atoms with Gasteiger partial charge in [0.1, 0.15) is 5.50 Å². The lowest BCUT2D eigenvalue weighted by atomic mass is 10.0. The molecule has 5 heteroatoms. The first kappa shape index (κ1) is 9.02. The Morgan fingerprint density at radius 2 is 2.29 bits per heavy atom. The molecule has 0 spiro atoms. The number of nitrogens with one attached hydrogen (secondary N) is 1. The summed E-state index contributed by atoms with van der Waals surface area (Å²) in [6.45, 7) is 0. The summed E-state index contributed by atoms with van der Waals surface area (Å²) in [6.07, 6.45) is 3.28. The van der Waals surface area contributed by atoms with Gasteiger partial charge >= 0.3 is 0 Å². The number of hydrogen-bond acceptors (Lipinski definition) is 3. The summed E-state index contributed by atoms with van der Waals surface area (Å²) in [5.41, 5.74) is 1.01. The number of nitro benzene ring substituents is 1. The Morgan fingerprint density at radius 1 is 1.50 bits per heavy atom. The van der Waals surface area contributed by atoms with E-state index in [0.29, 0.717) is 5.56 Å². The summed E-state index contributed by atoms with van der Waals surface area (Å²) >= 11 is 5.94. The molecule has 2 rings (SSSR count). The van der Waals surface area contributed by atoms with Crippen molar-refractivity contribution in [3.8, 4) is 0 Å². The molecule has 0 radical (unpaired) electrons. The van der Waals surface area contributed by atoms with Crippen LogP contribution in [0.5, 0.6) is 0 Å². The van der Waals surface area contributed by atoms with Crippen LogP contribution < -0.4 is 5.32 Å². The summed E-state index contributed by atoms with van der Waals surface area (Å²) in [4.78, 5) is 10.3. The second-order valence-corrected chi connectivity index (χ2v) is 3.34. The van der Waals surface area contributed by atoms with E-state index >= 15 is 0 Å². The molecule has 0 bridgehead atoms. The number of halogens is 1. The molecule has 0 saturated heterocycles. The minimum atomic E-state index is -0.405. The molecule has 1 aromatic rings. The van der Waals surface area contributed by atoms with Crippen molar-refractivity contribution >= 4 is 23.4 Å². The van der Waals surface area contributed by atoms with Crippen LogP contribution in [0.15, 0.2) is 24.4 Å². The standard InChI is InChI=1S/C9H7ClN2O2/c10-9-7-2-1-3-8(12(13)14)6(7)4-5-11-9/h1-5,9,11H. The average molecular weight is 211 g/mol. The smallest absolute Gasteiger partial charge is 0.277 e. The van der Waals surface area contributed by atoms with Crippen LogP contribution in [0.4, 0.5) is 5.69 Å². The Bertz CT molecular complexity index is 417. The lowest BCUT2D eigenvalue weighted by Gasteiger charge is -2.17. The summed E-state index contributed by atoms with van der Waals surface area (Å²) < 4.78 is 0. The lowest BCUT2D eigenvalue weighted by molar-refractivity contribution is -0.385. The second kappa shape index (κ2) is 3.31. The molecule has 1 aliphatic rings. The quantitative estimate of drug-likeness (QED) is 0.335. The Labute approximate surface area is 85.3 Å². The number of fused-ring (bicyclic) bond motifs is 1. The van der Waals surface area contributed by atoms with Crippen molar-refractivity contribution in [3.63, 3.8) is 0 Å². The maximum Gasteiger partial charge on any atom is 0.277 e. The first-order chi connectivity index (χ1) is 6.70. The van der Waals surface area contributed by atoms with E-state index in [1.807, 2.05) is 0 Å². The van der Waals surface area contributed by atoms with E-state index in [4.69, 9.17) is 11.6 Å². The zero-order valence-electron chi connectivity index (χ0n) is 7.11. The van der Waals surface area contributed by atoms with E-state index in [-0.39, 0.29) is 5.69 Å². The molecule has 0 aliphatic carbocycles. The molecular formula is C9H7ClN2O2. The van der Waals surface area contributed by atoms with Crippen molar-refractivity contribution in [2.45, 2.75) is 5.50 Å². The average Bonchev–Trinajstić information content (AvgIpc) is 2.17. The maximum atomic E-state index is 10.7. The van der Waals surface area contributed by atoms with Crippen LogP contribution in [-0.4, -0.2) is 4.92 Å². The predicted octanol–water partition coefficient (Wildman–Crippen LogP) is 2.41. The van der Waals surface area contributed by atoms with Crippen LogP contribution >= 0.6 is 11.6 Å². The largest absolute Gasteiger partial charge is 0.372 e. The van der Waals surface area contributed by atoms with Gasteiger partial charge in [-0.05, 0) is 12.3 Å². The zero-order valence-corrected chi connectivity index (χ0v) is 7.86. The fraction of sp³-hybridized carbons (Fsp3) is 0.111. The number of alkyl halides is 1. The topological polar surface area (TPSA) is 55.2 Å². The molecule has 0 amide bonds. The fourth-order valence-corrected chi connectivity index (χ4v) is 1.70. The number of nitrogens with zero attached hydrogens (tertiary/aromatic N) is 1. The van der Waals surface area contributed by atoms with E-state index < -0.39 is 10.4 Å². The lowest BCUT2D eigenvalue weighted by Crippen LogP contribution is -2.14. The molecule has 4 nitrogen and oxygen atoms in total. The number of hydrogen-bond donors (Lipinski definition) is 1. The third kappa shape index (κ3) is 1.33. The van der Waals surface area contributed by atoms with Crippen LogP contribution in [0.2, 0.25) is 0 Å². The van der Waals surface area contributed by atoms with E-state index in [1.165, 1.54) is 6.07 Å². The summed E-state index contributed by atoms with van der Waals surface area (Å²) in [6, 6.07) is 4.88. The third-order valence-corrected chi connectivity index (χ3v) is 2.44. The molecule has 1 aliphatic heterocycles. The number of nitro groups is 1. The van der Waals surface area contributed by atoms with Gasteiger partial charge in [-0.1, -0.05) is 23.7 Å². The SMILES string of the molecule is O=[N+]([O-])c1cccc2c1C=CNC2Cl. The monoisotopic (exact) mass is 210 g/mol. The highest BCUT2D eigenvalue weighted by molar-refractivity contribution is 6.21. The first-order valence-corrected chi connectivity index (χ1v) is 4.48. The van der Waals surface area contributed by atoms with E-state index in [9.17, 15) is 10.1 Å². The number of rotatable bonds is 1. The highest BCUT2D eigenvalue weighted by Crippen LogP contribution is 2.32. The summed E-state index contributed by atoms with van der Waals surface area (Å²) in [5.74, 6) is 0. The maximum absolute atomic E-state index is 10.7. The van der Waals surface area contributed by atoms with Crippen molar-refractivity contribution in [1.29, 1.82) is 0 Å². The van der Waals surface area contributed by atoms with Crippen molar-refractivity contribution < 1.29 is 4.92 Å². The summed E-state index contributed by atoms with van der Waals surface area (Å²) in [5, 5.41) is 13.6. The van der Waals surface area contributed by atoms with Crippen molar-refractivity contribution in [2.75, 3.05) is 0 Å². The van der Waals surface area contributed by atoms with Crippen molar-refractivity contribution in [2.24, 2.45) is 0 Å². The minimum absolute atomic E-state index is 0.0888. The molecule has 1 atom stereocenters. The van der Waals surface area contributed by atoms with Crippen LogP contribution in [0, 0.1) is 10.1 Å². The normalized spacial score (nSPS) is 18.5. The Hall–Kier alpha value is -1.55. The van der Waals surface area contributed by atoms with E-state index in [1.54, 1.807) is 24.4 Å². The molecule has 72 valence electrons. The highest BCUT2D eigenvalue weighted by atomic mass is 35.5. The van der Waals surface area contributed by atoms with Gasteiger partial charge in [-0.15, -0.1) is 0 Å². The van der Waals surface area contributed by atoms with Gasteiger partial charge in [0.2, 0.25) is 0 Å². The predicted molar refractivity (Wildman–Crippen MR) is 53.9 cm³/mol. The molecule has 1 aromatic carbocycles. The molecule has 1 heterocycles. The van der Waals surface area contributed by atoms with Crippen LogP contribution in [-0.2, 0) is 0 Å². The minimum Gasteiger partial charge on any atom is -0.372 e. The van der Waals surface area contributed by atoms with E-state index in [2.05, 4.69) is 5.32 Å². The Morgan fingerprint density at radius 3 is 3.00 bits per heavy atom. The molecule has 0 saturated carbocycles. The number of benzene rings is 1. The van der Waals surface area contributed by atoms with Crippen LogP contribution in [0.25, 0.3) is 6.08 Å².